The summed E-state index contributed by atoms with van der Waals surface area (Å²) in [6.07, 6.45) is 5.45. The molecule has 2 heterocycles. The van der Waals surface area contributed by atoms with Crippen LogP contribution in [0.1, 0.15) is 19.3 Å². The van der Waals surface area contributed by atoms with Crippen molar-refractivity contribution in [1.29, 1.82) is 0 Å². The molecule has 5 nitrogen and oxygen atoms in total. The van der Waals surface area contributed by atoms with Crippen LogP contribution in [0.5, 0.6) is 0 Å². The maximum absolute atomic E-state index is 12.3. The molecule has 0 unspecified atom stereocenters. The lowest BCUT2D eigenvalue weighted by atomic mass is 9.85. The molecule has 0 aromatic carbocycles. The fraction of sp³-hybridized carbons (Fsp3) is 0.667. The van der Waals surface area contributed by atoms with Crippen LogP contribution >= 0.6 is 15.9 Å². The molecular formula is C12H17BrN4O. The largest absolute Gasteiger partial charge is 0.374 e. The maximum Gasteiger partial charge on any atom is 0.291 e. The van der Waals surface area contributed by atoms with E-state index in [9.17, 15) is 4.79 Å². The van der Waals surface area contributed by atoms with Crippen LogP contribution in [0.15, 0.2) is 15.5 Å². The van der Waals surface area contributed by atoms with Crippen LogP contribution in [0.2, 0.25) is 0 Å². The van der Waals surface area contributed by atoms with Crippen molar-refractivity contribution in [3.8, 4) is 0 Å². The first-order valence-electron chi connectivity index (χ1n) is 6.47. The molecule has 0 bridgehead atoms. The van der Waals surface area contributed by atoms with E-state index in [1.54, 1.807) is 10.9 Å². The molecule has 2 fully saturated rings. The summed E-state index contributed by atoms with van der Waals surface area (Å²) >= 11 is 3.40. The average molecular weight is 313 g/mol. The number of rotatable bonds is 4. The molecule has 3 rings (SSSR count). The molecule has 0 spiro atoms. The highest BCUT2D eigenvalue weighted by Crippen LogP contribution is 2.27. The van der Waals surface area contributed by atoms with Gasteiger partial charge in [0.15, 0.2) is 0 Å². The maximum atomic E-state index is 12.3. The molecule has 6 heteroatoms. The summed E-state index contributed by atoms with van der Waals surface area (Å²) in [7, 11) is 0. The number of nitrogens with one attached hydrogen (secondary N) is 2. The molecule has 1 saturated heterocycles. The Labute approximate surface area is 114 Å². The zero-order valence-corrected chi connectivity index (χ0v) is 11.7. The second-order valence-corrected chi connectivity index (χ2v) is 6.01. The summed E-state index contributed by atoms with van der Waals surface area (Å²) in [6, 6.07) is 0.355. The van der Waals surface area contributed by atoms with Crippen molar-refractivity contribution in [3.63, 3.8) is 0 Å². The van der Waals surface area contributed by atoms with Crippen molar-refractivity contribution in [1.82, 2.24) is 15.1 Å². The molecule has 0 amide bonds. The minimum Gasteiger partial charge on any atom is -0.374 e. The predicted octanol–water partition coefficient (Wildman–Crippen LogP) is 1.19. The summed E-state index contributed by atoms with van der Waals surface area (Å²) in [5, 5.41) is 10.7. The highest BCUT2D eigenvalue weighted by Gasteiger charge is 2.22. The van der Waals surface area contributed by atoms with E-state index >= 15 is 0 Å². The summed E-state index contributed by atoms with van der Waals surface area (Å²) < 4.78 is 2.35. The van der Waals surface area contributed by atoms with E-state index in [0.717, 1.165) is 24.1 Å². The molecule has 1 aromatic rings. The molecule has 1 saturated carbocycles. The standard InChI is InChI=1S/C12H17BrN4O/c13-10-6-15-17(7-8-2-1-3-8)12(18)11(10)16-9-4-14-5-9/h6,8-9,14,16H,1-5,7H2. The smallest absolute Gasteiger partial charge is 0.291 e. The van der Waals surface area contributed by atoms with Gasteiger partial charge in [-0.25, -0.2) is 4.68 Å². The Balaban J connectivity index is 1.81. The Morgan fingerprint density at radius 2 is 2.28 bits per heavy atom. The zero-order valence-electron chi connectivity index (χ0n) is 10.2. The average Bonchev–Trinajstić information content (AvgIpc) is 2.23. The van der Waals surface area contributed by atoms with Crippen LogP contribution in [0.25, 0.3) is 0 Å². The highest BCUT2D eigenvalue weighted by molar-refractivity contribution is 9.10. The van der Waals surface area contributed by atoms with Crippen LogP contribution < -0.4 is 16.2 Å². The first-order chi connectivity index (χ1) is 8.74. The summed E-state index contributed by atoms with van der Waals surface area (Å²) in [5.41, 5.74) is 0.638. The van der Waals surface area contributed by atoms with Crippen LogP contribution in [0.3, 0.4) is 0 Å². The normalized spacial score (nSPS) is 20.3. The third-order valence-electron chi connectivity index (χ3n) is 3.78. The van der Waals surface area contributed by atoms with Gasteiger partial charge in [0.05, 0.1) is 16.7 Å². The number of halogens is 1. The molecule has 98 valence electrons. The monoisotopic (exact) mass is 312 g/mol. The van der Waals surface area contributed by atoms with Crippen LogP contribution in [-0.2, 0) is 6.54 Å². The Morgan fingerprint density at radius 1 is 1.50 bits per heavy atom. The van der Waals surface area contributed by atoms with Crippen molar-refractivity contribution in [2.75, 3.05) is 18.4 Å². The number of anilines is 1. The van der Waals surface area contributed by atoms with Gasteiger partial charge < -0.3 is 10.6 Å². The van der Waals surface area contributed by atoms with Gasteiger partial charge in [-0.3, -0.25) is 4.79 Å². The van der Waals surface area contributed by atoms with Gasteiger partial charge in [0.1, 0.15) is 5.69 Å². The first kappa shape index (κ1) is 12.2. The number of aromatic nitrogens is 2. The molecule has 2 N–H and O–H groups in total. The SMILES string of the molecule is O=c1c(NC2CNC2)c(Br)cnn1CC1CCC1. The van der Waals surface area contributed by atoms with Gasteiger partial charge in [-0.15, -0.1) is 0 Å². The van der Waals surface area contributed by atoms with Gasteiger partial charge in [-0.1, -0.05) is 6.42 Å². The topological polar surface area (TPSA) is 59.0 Å². The van der Waals surface area contributed by atoms with Crippen LogP contribution in [-0.4, -0.2) is 28.9 Å². The van der Waals surface area contributed by atoms with Crippen LogP contribution in [0, 0.1) is 5.92 Å². The quantitative estimate of drug-likeness (QED) is 0.877. The minimum absolute atomic E-state index is 0.0109. The Kier molecular flexibility index (Phi) is 3.39. The lowest BCUT2D eigenvalue weighted by molar-refractivity contribution is 0.261. The lowest BCUT2D eigenvalue weighted by Gasteiger charge is -2.29. The molecule has 0 atom stereocenters. The second kappa shape index (κ2) is 5.01. The molecule has 18 heavy (non-hydrogen) atoms. The number of hydrogen-bond donors (Lipinski definition) is 2. The van der Waals surface area contributed by atoms with E-state index in [2.05, 4.69) is 31.7 Å². The van der Waals surface area contributed by atoms with Crippen molar-refractivity contribution in [3.05, 3.63) is 21.0 Å². The van der Waals surface area contributed by atoms with Gasteiger partial charge in [0, 0.05) is 19.6 Å². The van der Waals surface area contributed by atoms with Crippen molar-refractivity contribution in [2.45, 2.75) is 31.8 Å². The van der Waals surface area contributed by atoms with E-state index < -0.39 is 0 Å². The van der Waals surface area contributed by atoms with Crippen molar-refractivity contribution < 1.29 is 0 Å². The molecular weight excluding hydrogens is 296 g/mol. The molecule has 1 aliphatic carbocycles. The second-order valence-electron chi connectivity index (χ2n) is 5.15. The third kappa shape index (κ3) is 2.31. The molecule has 0 radical (unpaired) electrons. The number of hydrogen-bond acceptors (Lipinski definition) is 4. The van der Waals surface area contributed by atoms with E-state index in [1.807, 2.05) is 0 Å². The Bertz CT molecular complexity index is 493. The Morgan fingerprint density at radius 3 is 2.83 bits per heavy atom. The fourth-order valence-corrected chi connectivity index (χ4v) is 2.62. The van der Waals surface area contributed by atoms with E-state index in [0.29, 0.717) is 17.6 Å². The van der Waals surface area contributed by atoms with Gasteiger partial charge in [-0.05, 0) is 34.7 Å². The van der Waals surface area contributed by atoms with E-state index in [-0.39, 0.29) is 5.56 Å². The fourth-order valence-electron chi connectivity index (χ4n) is 2.24. The summed E-state index contributed by atoms with van der Waals surface area (Å²) in [4.78, 5) is 12.3. The van der Waals surface area contributed by atoms with Gasteiger partial charge >= 0.3 is 0 Å². The molecule has 1 aliphatic heterocycles. The molecule has 2 aliphatic rings. The van der Waals surface area contributed by atoms with Crippen molar-refractivity contribution in [2.24, 2.45) is 5.92 Å². The summed E-state index contributed by atoms with van der Waals surface area (Å²) in [5.74, 6) is 0.634. The van der Waals surface area contributed by atoms with Crippen LogP contribution in [0.4, 0.5) is 5.69 Å². The predicted molar refractivity (Wildman–Crippen MR) is 73.8 cm³/mol. The third-order valence-corrected chi connectivity index (χ3v) is 4.38. The summed E-state index contributed by atoms with van der Waals surface area (Å²) in [6.45, 7) is 2.58. The molecule has 1 aromatic heterocycles. The van der Waals surface area contributed by atoms with Gasteiger partial charge in [0.25, 0.3) is 5.56 Å². The zero-order chi connectivity index (χ0) is 12.5. The van der Waals surface area contributed by atoms with Gasteiger partial charge in [0.2, 0.25) is 0 Å². The van der Waals surface area contributed by atoms with E-state index in [4.69, 9.17) is 0 Å². The van der Waals surface area contributed by atoms with E-state index in [1.165, 1.54) is 19.3 Å². The lowest BCUT2D eigenvalue weighted by Crippen LogP contribution is -2.52. The van der Waals surface area contributed by atoms with Crippen molar-refractivity contribution >= 4 is 21.6 Å². The Hall–Kier alpha value is -0.880. The minimum atomic E-state index is -0.0109. The first-order valence-corrected chi connectivity index (χ1v) is 7.26. The van der Waals surface area contributed by atoms with Gasteiger partial charge in [-0.2, -0.15) is 5.10 Å². The number of nitrogens with zero attached hydrogens (tertiary/aromatic N) is 2. The highest BCUT2D eigenvalue weighted by atomic mass is 79.9.